The smallest absolute Gasteiger partial charge is 0.225 e. The van der Waals surface area contributed by atoms with E-state index in [-0.39, 0.29) is 17.0 Å². The van der Waals surface area contributed by atoms with Crippen molar-refractivity contribution in [2.24, 2.45) is 0 Å². The van der Waals surface area contributed by atoms with E-state index in [1.807, 2.05) is 4.90 Å². The van der Waals surface area contributed by atoms with Crippen LogP contribution in [-0.2, 0) is 4.79 Å². The lowest BCUT2D eigenvalue weighted by Crippen LogP contribution is -2.59. The molecule has 0 N–H and O–H groups in total. The van der Waals surface area contributed by atoms with Crippen LogP contribution in [0.25, 0.3) is 0 Å². The Morgan fingerprint density at radius 1 is 1.00 bits per heavy atom. The molecular weight excluding hydrogens is 188 g/mol. The van der Waals surface area contributed by atoms with Crippen molar-refractivity contribution in [2.75, 3.05) is 13.2 Å². The summed E-state index contributed by atoms with van der Waals surface area (Å²) in [5, 5.41) is 0. The standard InChI is InChI=1S/C12H24N2O/c1-11(2,3)13-8-7-10(15)14(9-13)12(4,5)6/h7-9H2,1-6H3. The Morgan fingerprint density at radius 2 is 1.53 bits per heavy atom. The molecule has 0 aromatic rings. The fourth-order valence-corrected chi connectivity index (χ4v) is 1.82. The van der Waals surface area contributed by atoms with Crippen molar-refractivity contribution in [1.82, 2.24) is 9.80 Å². The third kappa shape index (κ3) is 2.94. The number of nitrogens with zero attached hydrogens (tertiary/aromatic N) is 2. The summed E-state index contributed by atoms with van der Waals surface area (Å²) in [6.45, 7) is 14.5. The first-order valence-corrected chi connectivity index (χ1v) is 5.68. The van der Waals surface area contributed by atoms with Crippen molar-refractivity contribution in [3.63, 3.8) is 0 Å². The van der Waals surface area contributed by atoms with E-state index >= 15 is 0 Å². The second-order valence-corrected chi connectivity index (χ2v) is 6.32. The Kier molecular flexibility index (Phi) is 3.15. The summed E-state index contributed by atoms with van der Waals surface area (Å²) in [6.07, 6.45) is 0.647. The molecule has 3 heteroatoms. The van der Waals surface area contributed by atoms with E-state index in [1.54, 1.807) is 0 Å². The van der Waals surface area contributed by atoms with Gasteiger partial charge in [-0.25, -0.2) is 0 Å². The Hall–Kier alpha value is -0.570. The number of hydrogen-bond donors (Lipinski definition) is 0. The molecule has 1 rings (SSSR count). The van der Waals surface area contributed by atoms with Gasteiger partial charge in [-0.05, 0) is 41.5 Å². The van der Waals surface area contributed by atoms with Gasteiger partial charge in [-0.1, -0.05) is 0 Å². The number of carbonyl (C=O) groups is 1. The molecule has 0 bridgehead atoms. The molecule has 0 spiro atoms. The van der Waals surface area contributed by atoms with Gasteiger partial charge in [0.05, 0.1) is 6.67 Å². The Balaban J connectivity index is 2.78. The minimum absolute atomic E-state index is 0.0684. The maximum absolute atomic E-state index is 11.8. The Morgan fingerprint density at radius 3 is 1.93 bits per heavy atom. The number of amides is 1. The minimum atomic E-state index is -0.0684. The molecule has 0 atom stereocenters. The predicted octanol–water partition coefficient (Wildman–Crippen LogP) is 2.08. The van der Waals surface area contributed by atoms with Gasteiger partial charge < -0.3 is 4.90 Å². The topological polar surface area (TPSA) is 23.6 Å². The average molecular weight is 212 g/mol. The van der Waals surface area contributed by atoms with E-state index < -0.39 is 0 Å². The van der Waals surface area contributed by atoms with Gasteiger partial charge in [0.15, 0.2) is 0 Å². The van der Waals surface area contributed by atoms with E-state index in [0.717, 1.165) is 13.2 Å². The zero-order valence-electron chi connectivity index (χ0n) is 10.9. The highest BCUT2D eigenvalue weighted by Crippen LogP contribution is 2.24. The van der Waals surface area contributed by atoms with Gasteiger partial charge >= 0.3 is 0 Å². The van der Waals surface area contributed by atoms with Gasteiger partial charge in [0.1, 0.15) is 0 Å². The lowest BCUT2D eigenvalue weighted by Gasteiger charge is -2.47. The Labute approximate surface area is 93.4 Å². The normalized spacial score (nSPS) is 20.9. The third-order valence-corrected chi connectivity index (χ3v) is 2.97. The maximum atomic E-state index is 11.8. The minimum Gasteiger partial charge on any atom is -0.325 e. The van der Waals surface area contributed by atoms with Crippen LogP contribution in [0.4, 0.5) is 0 Å². The van der Waals surface area contributed by atoms with Crippen LogP contribution in [0.3, 0.4) is 0 Å². The molecule has 0 aliphatic carbocycles. The van der Waals surface area contributed by atoms with Crippen molar-refractivity contribution in [1.29, 1.82) is 0 Å². The Bertz CT molecular complexity index is 247. The van der Waals surface area contributed by atoms with Crippen molar-refractivity contribution in [3.8, 4) is 0 Å². The fourth-order valence-electron chi connectivity index (χ4n) is 1.82. The van der Waals surface area contributed by atoms with Gasteiger partial charge in [-0.2, -0.15) is 0 Å². The molecule has 0 radical (unpaired) electrons. The largest absolute Gasteiger partial charge is 0.325 e. The molecule has 0 aromatic carbocycles. The summed E-state index contributed by atoms with van der Waals surface area (Å²) in [4.78, 5) is 16.1. The van der Waals surface area contributed by atoms with E-state index in [4.69, 9.17) is 0 Å². The van der Waals surface area contributed by atoms with E-state index in [0.29, 0.717) is 6.42 Å². The molecule has 15 heavy (non-hydrogen) atoms. The highest BCUT2D eigenvalue weighted by Gasteiger charge is 2.35. The number of carbonyl (C=O) groups excluding carboxylic acids is 1. The maximum Gasteiger partial charge on any atom is 0.225 e. The van der Waals surface area contributed by atoms with Gasteiger partial charge in [-0.3, -0.25) is 9.69 Å². The summed E-state index contributed by atoms with van der Waals surface area (Å²) < 4.78 is 0. The highest BCUT2D eigenvalue weighted by atomic mass is 16.2. The van der Waals surface area contributed by atoms with E-state index in [9.17, 15) is 4.79 Å². The van der Waals surface area contributed by atoms with E-state index in [2.05, 4.69) is 46.4 Å². The average Bonchev–Trinajstić information content (AvgIpc) is 2.00. The first-order chi connectivity index (χ1) is 6.62. The molecule has 3 nitrogen and oxygen atoms in total. The first kappa shape index (κ1) is 12.5. The molecule has 1 aliphatic rings. The fraction of sp³-hybridized carbons (Fsp3) is 0.917. The molecule has 1 fully saturated rings. The second kappa shape index (κ2) is 3.78. The highest BCUT2D eigenvalue weighted by molar-refractivity contribution is 5.77. The van der Waals surface area contributed by atoms with Crippen LogP contribution in [0.5, 0.6) is 0 Å². The van der Waals surface area contributed by atoms with E-state index in [1.165, 1.54) is 0 Å². The van der Waals surface area contributed by atoms with Crippen molar-refractivity contribution in [2.45, 2.75) is 59.0 Å². The quantitative estimate of drug-likeness (QED) is 0.614. The predicted molar refractivity (Wildman–Crippen MR) is 62.5 cm³/mol. The van der Waals surface area contributed by atoms with Crippen LogP contribution in [0.15, 0.2) is 0 Å². The number of hydrogen-bond acceptors (Lipinski definition) is 2. The summed E-state index contributed by atoms with van der Waals surface area (Å²) in [5.74, 6) is 0.281. The van der Waals surface area contributed by atoms with Gasteiger partial charge in [0.2, 0.25) is 5.91 Å². The number of rotatable bonds is 0. The third-order valence-electron chi connectivity index (χ3n) is 2.97. The summed E-state index contributed by atoms with van der Waals surface area (Å²) in [5.41, 5.74) is 0.0746. The zero-order valence-corrected chi connectivity index (χ0v) is 10.9. The molecule has 0 unspecified atom stereocenters. The monoisotopic (exact) mass is 212 g/mol. The molecule has 88 valence electrons. The zero-order chi connectivity index (χ0) is 11.9. The lowest BCUT2D eigenvalue weighted by molar-refractivity contribution is -0.147. The lowest BCUT2D eigenvalue weighted by atomic mass is 10.0. The van der Waals surface area contributed by atoms with Crippen LogP contribution in [0.1, 0.15) is 48.0 Å². The summed E-state index contributed by atoms with van der Waals surface area (Å²) in [7, 11) is 0. The second-order valence-electron chi connectivity index (χ2n) is 6.32. The van der Waals surface area contributed by atoms with Gasteiger partial charge in [0.25, 0.3) is 0 Å². The summed E-state index contributed by atoms with van der Waals surface area (Å²) in [6, 6.07) is 0. The van der Waals surface area contributed by atoms with Crippen molar-refractivity contribution >= 4 is 5.91 Å². The molecule has 1 heterocycles. The summed E-state index contributed by atoms with van der Waals surface area (Å²) >= 11 is 0. The SMILES string of the molecule is CC(C)(C)N1CCC(=O)N(C(C)(C)C)C1. The molecule has 0 saturated carbocycles. The molecule has 0 aromatic heterocycles. The van der Waals surface area contributed by atoms with Crippen LogP contribution in [0.2, 0.25) is 0 Å². The molecule has 1 saturated heterocycles. The van der Waals surface area contributed by atoms with Crippen LogP contribution in [0, 0.1) is 0 Å². The van der Waals surface area contributed by atoms with Crippen LogP contribution >= 0.6 is 0 Å². The van der Waals surface area contributed by atoms with Crippen molar-refractivity contribution < 1.29 is 4.79 Å². The van der Waals surface area contributed by atoms with Crippen LogP contribution < -0.4 is 0 Å². The molecule has 1 aliphatic heterocycles. The van der Waals surface area contributed by atoms with Gasteiger partial charge in [0, 0.05) is 24.0 Å². The molecule has 1 amide bonds. The van der Waals surface area contributed by atoms with Gasteiger partial charge in [-0.15, -0.1) is 0 Å². The van der Waals surface area contributed by atoms with Crippen LogP contribution in [-0.4, -0.2) is 40.0 Å². The molecular formula is C12H24N2O. The van der Waals surface area contributed by atoms with Crippen molar-refractivity contribution in [3.05, 3.63) is 0 Å². The first-order valence-electron chi connectivity index (χ1n) is 5.68.